The number of H-pyrrole nitrogens is 1. The van der Waals surface area contributed by atoms with Gasteiger partial charge in [-0.3, -0.25) is 4.99 Å². The summed E-state index contributed by atoms with van der Waals surface area (Å²) >= 11 is 0. The molecule has 1 unspecified atom stereocenters. The Bertz CT molecular complexity index is 1390. The molecule has 1 aliphatic rings. The maximum atomic E-state index is 4.80. The first-order valence-corrected chi connectivity index (χ1v) is 16.6. The number of aromatic nitrogens is 2. The molecule has 1 aromatic heterocycles. The van der Waals surface area contributed by atoms with E-state index < -0.39 is 0 Å². The average Bonchev–Trinajstić information content (AvgIpc) is 3.73. The Morgan fingerprint density at radius 3 is 2.70 bits per heavy atom. The van der Waals surface area contributed by atoms with Gasteiger partial charge in [0.05, 0.1) is 17.6 Å². The van der Waals surface area contributed by atoms with Crippen molar-refractivity contribution in [2.75, 3.05) is 13.1 Å². The fourth-order valence-corrected chi connectivity index (χ4v) is 6.23. The molecule has 2 heterocycles. The van der Waals surface area contributed by atoms with E-state index in [4.69, 9.17) is 4.98 Å². The summed E-state index contributed by atoms with van der Waals surface area (Å²) in [5.74, 6) is 1.62. The van der Waals surface area contributed by atoms with Gasteiger partial charge in [-0.15, -0.1) is 0 Å². The first kappa shape index (κ1) is 32.5. The van der Waals surface area contributed by atoms with E-state index >= 15 is 0 Å². The molecular formula is C38H53N5. The monoisotopic (exact) mass is 579 g/mol. The number of aromatic amines is 1. The number of nitrogens with zero attached hydrogens (tertiary/aromatic N) is 2. The molecule has 1 saturated heterocycles. The number of rotatable bonds is 16. The van der Waals surface area contributed by atoms with Gasteiger partial charge in [-0.1, -0.05) is 77.3 Å². The molecule has 3 N–H and O–H groups in total. The molecule has 5 heteroatoms. The highest BCUT2D eigenvalue weighted by atomic mass is 15.0. The van der Waals surface area contributed by atoms with Gasteiger partial charge in [-0.25, -0.2) is 4.98 Å². The van der Waals surface area contributed by atoms with Gasteiger partial charge in [0.15, 0.2) is 0 Å². The number of unbranched alkanes of at least 4 members (excludes halogenated alkanes) is 1. The van der Waals surface area contributed by atoms with E-state index in [0.29, 0.717) is 12.0 Å². The van der Waals surface area contributed by atoms with Gasteiger partial charge in [0.1, 0.15) is 5.82 Å². The maximum absolute atomic E-state index is 4.80. The summed E-state index contributed by atoms with van der Waals surface area (Å²) in [6, 6.07) is 14.2. The number of aliphatic imine (C=N–C) groups is 1. The Labute approximate surface area is 260 Å². The number of hydrogen-bond donors (Lipinski definition) is 3. The minimum absolute atomic E-state index is 0.498. The number of imidazole rings is 1. The van der Waals surface area contributed by atoms with Crippen LogP contribution in [-0.2, 0) is 6.42 Å². The van der Waals surface area contributed by atoms with E-state index in [-0.39, 0.29) is 0 Å². The molecule has 5 nitrogen and oxygen atoms in total. The molecular weight excluding hydrogens is 526 g/mol. The molecule has 0 radical (unpaired) electrons. The van der Waals surface area contributed by atoms with Gasteiger partial charge in [0.2, 0.25) is 0 Å². The molecule has 230 valence electrons. The number of benzene rings is 2. The average molecular weight is 580 g/mol. The fraction of sp³-hybridized carbons (Fsp3) is 0.474. The smallest absolute Gasteiger partial charge is 0.109 e. The van der Waals surface area contributed by atoms with Crippen LogP contribution in [0.4, 0.5) is 0 Å². The van der Waals surface area contributed by atoms with Crippen molar-refractivity contribution in [3.05, 3.63) is 82.4 Å². The second-order valence-corrected chi connectivity index (χ2v) is 12.0. The number of nitrogens with one attached hydrogen (secondary N) is 3. The topological polar surface area (TPSA) is 65.1 Å². The summed E-state index contributed by atoms with van der Waals surface area (Å²) in [4.78, 5) is 12.6. The Morgan fingerprint density at radius 2 is 2.00 bits per heavy atom. The van der Waals surface area contributed by atoms with Crippen LogP contribution in [0.15, 0.2) is 53.8 Å². The third-order valence-corrected chi connectivity index (χ3v) is 8.89. The zero-order valence-corrected chi connectivity index (χ0v) is 27.2. The molecule has 0 spiro atoms. The van der Waals surface area contributed by atoms with Gasteiger partial charge in [-0.05, 0) is 104 Å². The Morgan fingerprint density at radius 1 is 1.14 bits per heavy atom. The maximum Gasteiger partial charge on any atom is 0.109 e. The zero-order valence-electron chi connectivity index (χ0n) is 27.2. The van der Waals surface area contributed by atoms with Gasteiger partial charge in [0.25, 0.3) is 0 Å². The predicted octanol–water partition coefficient (Wildman–Crippen LogP) is 9.31. The van der Waals surface area contributed by atoms with Crippen molar-refractivity contribution >= 4 is 24.1 Å². The lowest BCUT2D eigenvalue weighted by molar-refractivity contribution is 0.548. The number of hydrogen-bond acceptors (Lipinski definition) is 4. The second kappa shape index (κ2) is 16.4. The molecule has 43 heavy (non-hydrogen) atoms. The quantitative estimate of drug-likeness (QED) is 0.117. The minimum Gasteiger partial charge on any atom is -0.382 e. The van der Waals surface area contributed by atoms with Crippen LogP contribution in [0.5, 0.6) is 0 Å². The van der Waals surface area contributed by atoms with Crippen LogP contribution in [0.2, 0.25) is 0 Å². The van der Waals surface area contributed by atoms with Crippen molar-refractivity contribution in [1.29, 1.82) is 0 Å². The van der Waals surface area contributed by atoms with E-state index in [9.17, 15) is 0 Å². The Kier molecular flexibility index (Phi) is 12.4. The molecule has 1 fully saturated rings. The third-order valence-electron chi connectivity index (χ3n) is 8.89. The van der Waals surface area contributed by atoms with Crippen molar-refractivity contribution in [1.82, 2.24) is 20.6 Å². The SMILES string of the molecule is C=N/C=C(\NC[C@@H]1CCCN1)c1ccc(/C(=C/c2cc(-c3cnc(C(CC)CCCC)[nH]3)ccc2C)CC)c(CCC)c1. The van der Waals surface area contributed by atoms with Crippen LogP contribution in [0.3, 0.4) is 0 Å². The van der Waals surface area contributed by atoms with Gasteiger partial charge >= 0.3 is 0 Å². The van der Waals surface area contributed by atoms with Crippen molar-refractivity contribution in [2.45, 2.75) is 104 Å². The predicted molar refractivity (Wildman–Crippen MR) is 186 cm³/mol. The van der Waals surface area contributed by atoms with Gasteiger partial charge in [0, 0.05) is 30.3 Å². The Balaban J connectivity index is 1.63. The fourth-order valence-electron chi connectivity index (χ4n) is 6.23. The molecule has 4 rings (SSSR count). The highest BCUT2D eigenvalue weighted by Gasteiger charge is 2.17. The summed E-state index contributed by atoms with van der Waals surface area (Å²) < 4.78 is 0. The lowest BCUT2D eigenvalue weighted by Crippen LogP contribution is -2.33. The van der Waals surface area contributed by atoms with Crippen LogP contribution < -0.4 is 10.6 Å². The summed E-state index contributed by atoms with van der Waals surface area (Å²) in [7, 11) is 0. The molecule has 1 aliphatic heterocycles. The van der Waals surface area contributed by atoms with Gasteiger partial charge in [-0.2, -0.15) is 0 Å². The summed E-state index contributed by atoms with van der Waals surface area (Å²) in [6.45, 7) is 17.0. The number of allylic oxidation sites excluding steroid dienone is 1. The minimum atomic E-state index is 0.498. The molecule has 3 aromatic rings. The van der Waals surface area contributed by atoms with E-state index in [1.54, 1.807) is 0 Å². The molecule has 0 bridgehead atoms. The lowest BCUT2D eigenvalue weighted by Gasteiger charge is -2.18. The zero-order chi connectivity index (χ0) is 30.6. The van der Waals surface area contributed by atoms with Crippen LogP contribution in [0.25, 0.3) is 28.6 Å². The highest BCUT2D eigenvalue weighted by molar-refractivity contribution is 5.85. The molecule has 0 amide bonds. The lowest BCUT2D eigenvalue weighted by atomic mass is 9.90. The van der Waals surface area contributed by atoms with Crippen molar-refractivity contribution < 1.29 is 0 Å². The first-order valence-electron chi connectivity index (χ1n) is 16.6. The summed E-state index contributed by atoms with van der Waals surface area (Å²) in [6.07, 6.45) is 16.6. The van der Waals surface area contributed by atoms with Gasteiger partial charge < -0.3 is 15.6 Å². The normalized spacial score (nSPS) is 16.4. The van der Waals surface area contributed by atoms with Crippen molar-refractivity contribution in [3.8, 4) is 11.3 Å². The first-order chi connectivity index (χ1) is 21.0. The van der Waals surface area contributed by atoms with Crippen LogP contribution in [0.1, 0.15) is 119 Å². The number of aryl methyl sites for hydroxylation is 2. The van der Waals surface area contributed by atoms with E-state index in [2.05, 4.69) is 104 Å². The summed E-state index contributed by atoms with van der Waals surface area (Å²) in [5.41, 5.74) is 11.1. The van der Waals surface area contributed by atoms with Crippen LogP contribution >= 0.6 is 0 Å². The van der Waals surface area contributed by atoms with Crippen molar-refractivity contribution in [3.63, 3.8) is 0 Å². The molecule has 0 aliphatic carbocycles. The largest absolute Gasteiger partial charge is 0.382 e. The highest BCUT2D eigenvalue weighted by Crippen LogP contribution is 2.31. The van der Waals surface area contributed by atoms with E-state index in [0.717, 1.165) is 56.0 Å². The summed E-state index contributed by atoms with van der Waals surface area (Å²) in [5, 5.41) is 7.22. The van der Waals surface area contributed by atoms with Crippen molar-refractivity contribution in [2.24, 2.45) is 4.99 Å². The standard InChI is InChI=1S/C38H53N5/c1-7-11-14-28(9-3)38-42-26-37(43-38)32-17-16-27(5)33(23-32)21-29(10-4)35-19-18-31(22-30(35)13-8-2)36(25-39-6)41-24-34-15-12-20-40-34/h16-19,21-23,25-26,28,34,40-41H,6-15,20,24H2,1-5H3,(H,42,43)/b29-21+,36-25-/t28?,34-/m0/s1. The molecule has 2 aromatic carbocycles. The second-order valence-electron chi connectivity index (χ2n) is 12.0. The van der Waals surface area contributed by atoms with Crippen LogP contribution in [-0.4, -0.2) is 35.8 Å². The molecule has 0 saturated carbocycles. The van der Waals surface area contributed by atoms with Crippen LogP contribution in [0, 0.1) is 6.92 Å². The van der Waals surface area contributed by atoms with E-state index in [1.165, 1.54) is 71.1 Å². The van der Waals surface area contributed by atoms with E-state index in [1.807, 2.05) is 12.4 Å². The third kappa shape index (κ3) is 8.57. The Hall–Kier alpha value is -3.44. The molecule has 2 atom stereocenters.